The first kappa shape index (κ1) is 16.4. The second kappa shape index (κ2) is 7.88. The average molecular weight is 317 g/mol. The van der Waals surface area contributed by atoms with Gasteiger partial charge in [-0.05, 0) is 36.2 Å². The van der Waals surface area contributed by atoms with E-state index in [1.54, 1.807) is 7.11 Å². The second-order valence-corrected chi connectivity index (χ2v) is 4.65. The fourth-order valence-corrected chi connectivity index (χ4v) is 1.84. The molecule has 2 rings (SSSR count). The van der Waals surface area contributed by atoms with E-state index in [0.29, 0.717) is 13.0 Å². The maximum absolute atomic E-state index is 12.9. The number of halogens is 1. The summed E-state index contributed by atoms with van der Waals surface area (Å²) in [5, 5.41) is 4.72. The van der Waals surface area contributed by atoms with Crippen molar-refractivity contribution in [1.29, 1.82) is 0 Å². The SMILES string of the molecule is COc1ccc(CCNC(=O)C(=O)Nc2cccc(F)n2)cc1. The molecule has 0 bridgehead atoms. The molecule has 0 fully saturated rings. The minimum absolute atomic E-state index is 0.0136. The Balaban J connectivity index is 1.78. The molecule has 0 atom stereocenters. The first-order valence-corrected chi connectivity index (χ1v) is 6.93. The first-order valence-electron chi connectivity index (χ1n) is 6.93. The topological polar surface area (TPSA) is 80.3 Å². The number of anilines is 1. The molecule has 0 aliphatic heterocycles. The monoisotopic (exact) mass is 317 g/mol. The molecule has 0 aliphatic carbocycles. The van der Waals surface area contributed by atoms with E-state index in [-0.39, 0.29) is 5.82 Å². The van der Waals surface area contributed by atoms with Crippen LogP contribution in [0.4, 0.5) is 10.2 Å². The number of hydrogen-bond acceptors (Lipinski definition) is 4. The molecule has 0 saturated carbocycles. The van der Waals surface area contributed by atoms with Gasteiger partial charge in [0.15, 0.2) is 0 Å². The number of carbonyl (C=O) groups is 2. The predicted octanol–water partition coefficient (Wildman–Crippen LogP) is 1.53. The van der Waals surface area contributed by atoms with Gasteiger partial charge in [-0.2, -0.15) is 4.39 Å². The fraction of sp³-hybridized carbons (Fsp3) is 0.188. The molecule has 0 spiro atoms. The molecule has 1 heterocycles. The highest BCUT2D eigenvalue weighted by atomic mass is 19.1. The Morgan fingerprint density at radius 1 is 1.13 bits per heavy atom. The number of nitrogens with zero attached hydrogens (tertiary/aromatic N) is 1. The lowest BCUT2D eigenvalue weighted by Crippen LogP contribution is -2.36. The van der Waals surface area contributed by atoms with Gasteiger partial charge in [0, 0.05) is 6.54 Å². The third-order valence-electron chi connectivity index (χ3n) is 3.02. The molecule has 7 heteroatoms. The third-order valence-corrected chi connectivity index (χ3v) is 3.02. The average Bonchev–Trinajstić information content (AvgIpc) is 2.55. The standard InChI is InChI=1S/C16H16FN3O3/c1-23-12-7-5-11(6-8-12)9-10-18-15(21)16(22)20-14-4-2-3-13(17)19-14/h2-8H,9-10H2,1H3,(H,18,21)(H,19,20,22). The number of carbonyl (C=O) groups excluding carboxylic acids is 2. The molecular weight excluding hydrogens is 301 g/mol. The Kier molecular flexibility index (Phi) is 5.62. The summed E-state index contributed by atoms with van der Waals surface area (Å²) in [5.41, 5.74) is 0.998. The molecule has 120 valence electrons. The molecule has 1 aromatic carbocycles. The van der Waals surface area contributed by atoms with Crippen molar-refractivity contribution in [3.05, 3.63) is 54.0 Å². The Bertz CT molecular complexity index is 689. The van der Waals surface area contributed by atoms with Gasteiger partial charge in [0.1, 0.15) is 11.6 Å². The number of benzene rings is 1. The Morgan fingerprint density at radius 3 is 2.52 bits per heavy atom. The molecule has 2 aromatic rings. The largest absolute Gasteiger partial charge is 0.497 e. The lowest BCUT2D eigenvalue weighted by atomic mass is 10.1. The maximum atomic E-state index is 12.9. The summed E-state index contributed by atoms with van der Waals surface area (Å²) in [4.78, 5) is 26.8. The zero-order valence-electron chi connectivity index (χ0n) is 12.5. The normalized spacial score (nSPS) is 10.0. The number of hydrogen-bond donors (Lipinski definition) is 2. The van der Waals surface area contributed by atoms with Crippen LogP contribution in [0.3, 0.4) is 0 Å². The molecule has 6 nitrogen and oxygen atoms in total. The zero-order valence-corrected chi connectivity index (χ0v) is 12.5. The molecule has 0 saturated heterocycles. The summed E-state index contributed by atoms with van der Waals surface area (Å²) in [6, 6.07) is 11.3. The van der Waals surface area contributed by atoms with Crippen LogP contribution < -0.4 is 15.4 Å². The summed E-state index contributed by atoms with van der Waals surface area (Å²) < 4.78 is 17.9. The first-order chi connectivity index (χ1) is 11.1. The lowest BCUT2D eigenvalue weighted by Gasteiger charge is -2.07. The van der Waals surface area contributed by atoms with Gasteiger partial charge < -0.3 is 15.4 Å². The summed E-state index contributed by atoms with van der Waals surface area (Å²) in [6.07, 6.45) is 0.571. The summed E-state index contributed by atoms with van der Waals surface area (Å²) in [7, 11) is 1.58. The van der Waals surface area contributed by atoms with Crippen LogP contribution in [0.15, 0.2) is 42.5 Å². The van der Waals surface area contributed by atoms with Crippen LogP contribution >= 0.6 is 0 Å². The number of ether oxygens (including phenoxy) is 1. The van der Waals surface area contributed by atoms with Crippen molar-refractivity contribution < 1.29 is 18.7 Å². The van der Waals surface area contributed by atoms with Crippen LogP contribution in [0.1, 0.15) is 5.56 Å². The van der Waals surface area contributed by atoms with Crippen LogP contribution in [0.5, 0.6) is 5.75 Å². The van der Waals surface area contributed by atoms with Crippen molar-refractivity contribution in [3.63, 3.8) is 0 Å². The highest BCUT2D eigenvalue weighted by Gasteiger charge is 2.13. The van der Waals surface area contributed by atoms with Gasteiger partial charge in [-0.15, -0.1) is 0 Å². The Labute approximate surface area is 132 Å². The zero-order chi connectivity index (χ0) is 16.7. The number of methoxy groups -OCH3 is 1. The van der Waals surface area contributed by atoms with Crippen LogP contribution in [-0.2, 0) is 16.0 Å². The van der Waals surface area contributed by atoms with Crippen molar-refractivity contribution in [2.45, 2.75) is 6.42 Å². The van der Waals surface area contributed by atoms with Gasteiger partial charge >= 0.3 is 11.8 Å². The molecule has 2 amide bonds. The van der Waals surface area contributed by atoms with Crippen molar-refractivity contribution in [3.8, 4) is 5.75 Å². The third kappa shape index (κ3) is 5.06. The van der Waals surface area contributed by atoms with E-state index in [1.807, 2.05) is 24.3 Å². The molecule has 1 aromatic heterocycles. The van der Waals surface area contributed by atoms with Gasteiger partial charge in [-0.1, -0.05) is 18.2 Å². The molecule has 0 radical (unpaired) electrons. The molecule has 0 aliphatic rings. The quantitative estimate of drug-likeness (QED) is 0.647. The summed E-state index contributed by atoms with van der Waals surface area (Å²) in [6.45, 7) is 0.301. The van der Waals surface area contributed by atoms with E-state index in [2.05, 4.69) is 15.6 Å². The highest BCUT2D eigenvalue weighted by molar-refractivity contribution is 6.39. The van der Waals surface area contributed by atoms with Gasteiger partial charge in [0.05, 0.1) is 7.11 Å². The van der Waals surface area contributed by atoms with E-state index in [0.717, 1.165) is 17.4 Å². The summed E-state index contributed by atoms with van der Waals surface area (Å²) in [5.74, 6) is -1.69. The van der Waals surface area contributed by atoms with E-state index in [4.69, 9.17) is 4.74 Å². The van der Waals surface area contributed by atoms with Crippen LogP contribution in [0.2, 0.25) is 0 Å². The number of amides is 2. The summed E-state index contributed by atoms with van der Waals surface area (Å²) >= 11 is 0. The number of aromatic nitrogens is 1. The van der Waals surface area contributed by atoms with Gasteiger partial charge in [-0.3, -0.25) is 9.59 Å². The lowest BCUT2D eigenvalue weighted by molar-refractivity contribution is -0.136. The highest BCUT2D eigenvalue weighted by Crippen LogP contribution is 2.11. The number of rotatable bonds is 5. The molecule has 0 unspecified atom stereocenters. The van der Waals surface area contributed by atoms with Gasteiger partial charge in [0.25, 0.3) is 0 Å². The van der Waals surface area contributed by atoms with E-state index >= 15 is 0 Å². The Morgan fingerprint density at radius 2 is 1.87 bits per heavy atom. The van der Waals surface area contributed by atoms with Crippen LogP contribution in [-0.4, -0.2) is 30.5 Å². The predicted molar refractivity (Wildman–Crippen MR) is 82.5 cm³/mol. The van der Waals surface area contributed by atoms with E-state index in [9.17, 15) is 14.0 Å². The van der Waals surface area contributed by atoms with Gasteiger partial charge in [-0.25, -0.2) is 4.98 Å². The van der Waals surface area contributed by atoms with Crippen molar-refractivity contribution >= 4 is 17.6 Å². The molecule has 23 heavy (non-hydrogen) atoms. The Hall–Kier alpha value is -2.96. The van der Waals surface area contributed by atoms with Gasteiger partial charge in [0.2, 0.25) is 5.95 Å². The smallest absolute Gasteiger partial charge is 0.314 e. The van der Waals surface area contributed by atoms with Crippen LogP contribution in [0, 0.1) is 5.95 Å². The molecule has 2 N–H and O–H groups in total. The van der Waals surface area contributed by atoms with Crippen LogP contribution in [0.25, 0.3) is 0 Å². The number of nitrogens with one attached hydrogen (secondary N) is 2. The minimum atomic E-state index is -0.891. The van der Waals surface area contributed by atoms with Crippen molar-refractivity contribution in [2.24, 2.45) is 0 Å². The van der Waals surface area contributed by atoms with Crippen molar-refractivity contribution in [2.75, 3.05) is 19.0 Å². The van der Waals surface area contributed by atoms with E-state index in [1.165, 1.54) is 12.1 Å². The molecular formula is C16H16FN3O3. The number of pyridine rings is 1. The maximum Gasteiger partial charge on any atom is 0.314 e. The fourth-order valence-electron chi connectivity index (χ4n) is 1.84. The second-order valence-electron chi connectivity index (χ2n) is 4.65. The van der Waals surface area contributed by atoms with Crippen molar-refractivity contribution in [1.82, 2.24) is 10.3 Å². The van der Waals surface area contributed by atoms with E-state index < -0.39 is 17.8 Å². The minimum Gasteiger partial charge on any atom is -0.497 e.